The van der Waals surface area contributed by atoms with Crippen LogP contribution in [0.5, 0.6) is 0 Å². The summed E-state index contributed by atoms with van der Waals surface area (Å²) in [5, 5.41) is 2.68. The first kappa shape index (κ1) is 11.8. The van der Waals surface area contributed by atoms with Crippen molar-refractivity contribution < 1.29 is 8.78 Å². The zero-order chi connectivity index (χ0) is 12.4. The number of pyridine rings is 1. The molecule has 3 nitrogen and oxygen atoms in total. The van der Waals surface area contributed by atoms with Gasteiger partial charge in [0, 0.05) is 0 Å². The van der Waals surface area contributed by atoms with Crippen molar-refractivity contribution in [2.24, 2.45) is 0 Å². The van der Waals surface area contributed by atoms with E-state index >= 15 is 0 Å². The van der Waals surface area contributed by atoms with Crippen molar-refractivity contribution >= 4 is 33.1 Å². The van der Waals surface area contributed by atoms with Crippen LogP contribution in [0.15, 0.2) is 34.9 Å². The maximum Gasteiger partial charge on any atom is 0.182 e. The van der Waals surface area contributed by atoms with Crippen LogP contribution < -0.4 is 11.1 Å². The van der Waals surface area contributed by atoms with E-state index in [1.165, 1.54) is 18.3 Å². The summed E-state index contributed by atoms with van der Waals surface area (Å²) in [6.07, 6.45) is 1.42. The van der Waals surface area contributed by atoms with Gasteiger partial charge in [-0.1, -0.05) is 6.07 Å². The van der Waals surface area contributed by atoms with Gasteiger partial charge in [0.25, 0.3) is 0 Å². The summed E-state index contributed by atoms with van der Waals surface area (Å²) in [5.41, 5.74) is 6.01. The molecule has 1 heterocycles. The van der Waals surface area contributed by atoms with Crippen molar-refractivity contribution in [1.29, 1.82) is 0 Å². The van der Waals surface area contributed by atoms with E-state index in [9.17, 15) is 8.78 Å². The molecule has 0 unspecified atom stereocenters. The molecule has 1 aromatic heterocycles. The van der Waals surface area contributed by atoms with Crippen molar-refractivity contribution in [2.75, 3.05) is 11.1 Å². The summed E-state index contributed by atoms with van der Waals surface area (Å²) < 4.78 is 26.9. The third kappa shape index (κ3) is 2.52. The first-order valence-corrected chi connectivity index (χ1v) is 5.49. The molecule has 0 aliphatic rings. The molecule has 0 aliphatic heterocycles. The highest BCUT2D eigenvalue weighted by molar-refractivity contribution is 9.10. The second kappa shape index (κ2) is 4.67. The summed E-state index contributed by atoms with van der Waals surface area (Å²) in [6.45, 7) is 0. The van der Waals surface area contributed by atoms with Gasteiger partial charge in [0.1, 0.15) is 5.82 Å². The van der Waals surface area contributed by atoms with E-state index in [-0.39, 0.29) is 5.69 Å². The first-order valence-electron chi connectivity index (χ1n) is 4.70. The summed E-state index contributed by atoms with van der Waals surface area (Å²) >= 11 is 3.23. The molecule has 0 atom stereocenters. The van der Waals surface area contributed by atoms with E-state index < -0.39 is 11.6 Å². The van der Waals surface area contributed by atoms with E-state index in [1.807, 2.05) is 0 Å². The molecular formula is C11H8BrF2N3. The van der Waals surface area contributed by atoms with Gasteiger partial charge in [-0.05, 0) is 34.1 Å². The predicted molar refractivity (Wildman–Crippen MR) is 66.0 cm³/mol. The first-order chi connectivity index (χ1) is 8.08. The monoisotopic (exact) mass is 299 g/mol. The Bertz CT molecular complexity index is 560. The molecule has 2 rings (SSSR count). The molecule has 2 aromatic rings. The summed E-state index contributed by atoms with van der Waals surface area (Å²) in [6, 6.07) is 5.49. The molecule has 0 saturated carbocycles. The molecule has 0 bridgehead atoms. The fourth-order valence-electron chi connectivity index (χ4n) is 1.27. The smallest absolute Gasteiger partial charge is 0.182 e. The lowest BCUT2D eigenvalue weighted by atomic mass is 10.3. The highest BCUT2D eigenvalue weighted by atomic mass is 79.9. The largest absolute Gasteiger partial charge is 0.397 e. The Balaban J connectivity index is 2.35. The Morgan fingerprint density at radius 3 is 2.76 bits per heavy atom. The number of aromatic nitrogens is 1. The number of nitrogens with two attached hydrogens (primary N) is 1. The molecule has 6 heteroatoms. The fraction of sp³-hybridized carbons (Fsp3) is 0. The molecular weight excluding hydrogens is 292 g/mol. The zero-order valence-corrected chi connectivity index (χ0v) is 10.1. The molecule has 3 N–H and O–H groups in total. The second-order valence-electron chi connectivity index (χ2n) is 3.33. The molecule has 0 radical (unpaired) electrons. The van der Waals surface area contributed by atoms with E-state index in [2.05, 4.69) is 26.2 Å². The minimum atomic E-state index is -0.946. The number of nitrogens with one attached hydrogen (secondary N) is 1. The minimum Gasteiger partial charge on any atom is -0.397 e. The van der Waals surface area contributed by atoms with Crippen LogP contribution in [0.4, 0.5) is 26.0 Å². The minimum absolute atomic E-state index is 0.0166. The van der Waals surface area contributed by atoms with Crippen LogP contribution in [-0.2, 0) is 0 Å². The average molecular weight is 300 g/mol. The quantitative estimate of drug-likeness (QED) is 0.893. The zero-order valence-electron chi connectivity index (χ0n) is 8.55. The SMILES string of the molecule is Nc1cnc(Nc2cccc(F)c2F)c(Br)c1. The molecule has 0 spiro atoms. The molecule has 88 valence electrons. The van der Waals surface area contributed by atoms with Crippen LogP contribution in [0.3, 0.4) is 0 Å². The van der Waals surface area contributed by atoms with Gasteiger partial charge in [-0.25, -0.2) is 13.8 Å². The van der Waals surface area contributed by atoms with Gasteiger partial charge < -0.3 is 11.1 Å². The molecule has 17 heavy (non-hydrogen) atoms. The predicted octanol–water partition coefficient (Wildman–Crippen LogP) is 3.45. The van der Waals surface area contributed by atoms with Gasteiger partial charge in [-0.2, -0.15) is 0 Å². The van der Waals surface area contributed by atoms with Crippen LogP contribution in [0, 0.1) is 11.6 Å². The Hall–Kier alpha value is -1.69. The maximum atomic E-state index is 13.4. The van der Waals surface area contributed by atoms with Gasteiger partial charge in [0.2, 0.25) is 0 Å². The number of rotatable bonds is 2. The summed E-state index contributed by atoms with van der Waals surface area (Å²) in [7, 11) is 0. The van der Waals surface area contributed by atoms with E-state index in [1.54, 1.807) is 6.07 Å². The highest BCUT2D eigenvalue weighted by Crippen LogP contribution is 2.27. The van der Waals surface area contributed by atoms with Crippen molar-refractivity contribution in [3.63, 3.8) is 0 Å². The number of benzene rings is 1. The van der Waals surface area contributed by atoms with E-state index in [4.69, 9.17) is 5.73 Å². The maximum absolute atomic E-state index is 13.4. The second-order valence-corrected chi connectivity index (χ2v) is 4.18. The van der Waals surface area contributed by atoms with Gasteiger partial charge in [-0.15, -0.1) is 0 Å². The average Bonchev–Trinajstić information content (AvgIpc) is 2.28. The lowest BCUT2D eigenvalue weighted by Crippen LogP contribution is -1.99. The van der Waals surface area contributed by atoms with Crippen molar-refractivity contribution in [3.8, 4) is 0 Å². The lowest BCUT2D eigenvalue weighted by molar-refractivity contribution is 0.511. The highest BCUT2D eigenvalue weighted by Gasteiger charge is 2.09. The number of nitrogen functional groups attached to an aromatic ring is 1. The van der Waals surface area contributed by atoms with Gasteiger partial charge in [0.05, 0.1) is 22.0 Å². The van der Waals surface area contributed by atoms with Gasteiger partial charge >= 0.3 is 0 Å². The van der Waals surface area contributed by atoms with Crippen molar-refractivity contribution in [2.45, 2.75) is 0 Å². The Morgan fingerprint density at radius 1 is 1.29 bits per heavy atom. The van der Waals surface area contributed by atoms with Gasteiger partial charge in [0.15, 0.2) is 11.6 Å². The number of nitrogens with zero attached hydrogens (tertiary/aromatic N) is 1. The Morgan fingerprint density at radius 2 is 2.06 bits per heavy atom. The topological polar surface area (TPSA) is 50.9 Å². The van der Waals surface area contributed by atoms with Crippen molar-refractivity contribution in [1.82, 2.24) is 4.98 Å². The Kier molecular flexibility index (Phi) is 3.23. The standard InChI is InChI=1S/C11H8BrF2N3/c12-7-4-6(15)5-16-11(7)17-9-3-1-2-8(13)10(9)14/h1-5H,15H2,(H,16,17). The molecule has 0 fully saturated rings. The van der Waals surface area contributed by atoms with Gasteiger partial charge in [-0.3, -0.25) is 0 Å². The lowest BCUT2D eigenvalue weighted by Gasteiger charge is -2.09. The number of hydrogen-bond donors (Lipinski definition) is 2. The molecule has 0 amide bonds. The van der Waals surface area contributed by atoms with Crippen molar-refractivity contribution in [3.05, 3.63) is 46.6 Å². The van der Waals surface area contributed by atoms with E-state index in [0.717, 1.165) is 6.07 Å². The summed E-state index contributed by atoms with van der Waals surface area (Å²) in [4.78, 5) is 3.97. The third-order valence-corrected chi connectivity index (χ3v) is 2.67. The number of anilines is 3. The normalized spacial score (nSPS) is 10.3. The van der Waals surface area contributed by atoms with Crippen LogP contribution in [0.1, 0.15) is 0 Å². The third-order valence-electron chi connectivity index (χ3n) is 2.07. The van der Waals surface area contributed by atoms with Crippen LogP contribution in [0.25, 0.3) is 0 Å². The van der Waals surface area contributed by atoms with E-state index in [0.29, 0.717) is 16.0 Å². The molecule has 0 saturated heterocycles. The number of halogens is 3. The molecule has 1 aromatic carbocycles. The molecule has 0 aliphatic carbocycles. The fourth-order valence-corrected chi connectivity index (χ4v) is 1.74. The summed E-state index contributed by atoms with van der Waals surface area (Å²) in [5.74, 6) is -1.50. The van der Waals surface area contributed by atoms with Crippen LogP contribution in [0.2, 0.25) is 0 Å². The van der Waals surface area contributed by atoms with Crippen LogP contribution in [-0.4, -0.2) is 4.98 Å². The number of hydrogen-bond acceptors (Lipinski definition) is 3. The van der Waals surface area contributed by atoms with Crippen LogP contribution >= 0.6 is 15.9 Å². The Labute approximate surface area is 105 Å².